The lowest BCUT2D eigenvalue weighted by molar-refractivity contribution is -0.119. The summed E-state index contributed by atoms with van der Waals surface area (Å²) in [7, 11) is 0. The van der Waals surface area contributed by atoms with Crippen molar-refractivity contribution in [2.45, 2.75) is 6.92 Å². The Hall–Kier alpha value is -0.610. The van der Waals surface area contributed by atoms with Crippen LogP contribution < -0.4 is 16.8 Å². The van der Waals surface area contributed by atoms with Crippen LogP contribution in [0.4, 0.5) is 0 Å². The number of nitrogens with one attached hydrogen (secondary N) is 1. The fourth-order valence-corrected chi connectivity index (χ4v) is 0.444. The highest BCUT2D eigenvalue weighted by atomic mass is 16.1. The van der Waals surface area contributed by atoms with Crippen molar-refractivity contribution in [1.82, 2.24) is 5.32 Å². The summed E-state index contributed by atoms with van der Waals surface area (Å²) >= 11 is 0. The molecule has 0 aromatic heterocycles. The van der Waals surface area contributed by atoms with E-state index in [4.69, 9.17) is 11.5 Å². The van der Waals surface area contributed by atoms with Crippen molar-refractivity contribution in [2.24, 2.45) is 17.4 Å². The van der Waals surface area contributed by atoms with E-state index in [9.17, 15) is 4.79 Å². The first-order chi connectivity index (χ1) is 4.70. The molecule has 4 nitrogen and oxygen atoms in total. The van der Waals surface area contributed by atoms with Gasteiger partial charge >= 0.3 is 0 Å². The molecule has 4 heteroatoms. The second kappa shape index (κ2) is 5.20. The number of rotatable bonds is 4. The number of carbonyl (C=O) groups excluding carboxylic acids is 1. The average molecular weight is 145 g/mol. The van der Waals surface area contributed by atoms with Gasteiger partial charge in [0.25, 0.3) is 0 Å². The molecule has 0 aromatic rings. The molecule has 0 heterocycles. The minimum absolute atomic E-state index is 0.0529. The van der Waals surface area contributed by atoms with Crippen LogP contribution >= 0.6 is 0 Å². The van der Waals surface area contributed by atoms with Crippen molar-refractivity contribution in [3.63, 3.8) is 0 Å². The maximum atomic E-state index is 10.6. The van der Waals surface area contributed by atoms with Gasteiger partial charge < -0.3 is 16.8 Å². The summed E-state index contributed by atoms with van der Waals surface area (Å²) in [5, 5.41) is 2.64. The van der Waals surface area contributed by atoms with Crippen molar-refractivity contribution in [1.29, 1.82) is 0 Å². The second-order valence-electron chi connectivity index (χ2n) is 2.35. The molecule has 1 amide bonds. The smallest absolute Gasteiger partial charge is 0.233 e. The molecule has 0 fully saturated rings. The molecule has 5 N–H and O–H groups in total. The van der Waals surface area contributed by atoms with Gasteiger partial charge in [-0.1, -0.05) is 6.92 Å². The number of carbonyl (C=O) groups is 1. The quantitative estimate of drug-likeness (QED) is 0.458. The van der Waals surface area contributed by atoms with Gasteiger partial charge in [0.1, 0.15) is 0 Å². The van der Waals surface area contributed by atoms with E-state index in [-0.39, 0.29) is 12.5 Å². The van der Waals surface area contributed by atoms with Crippen molar-refractivity contribution in [3.8, 4) is 0 Å². The Kier molecular flexibility index (Phi) is 4.88. The molecule has 10 heavy (non-hydrogen) atoms. The summed E-state index contributed by atoms with van der Waals surface area (Å²) in [4.78, 5) is 10.6. The Bertz CT molecular complexity index is 105. The Balaban J connectivity index is 3.26. The van der Waals surface area contributed by atoms with E-state index in [2.05, 4.69) is 5.32 Å². The maximum Gasteiger partial charge on any atom is 0.233 e. The molecule has 1 unspecified atom stereocenters. The molecule has 0 saturated heterocycles. The Morgan fingerprint density at radius 3 is 2.60 bits per heavy atom. The third-order valence-corrected chi connectivity index (χ3v) is 1.24. The predicted octanol–water partition coefficient (Wildman–Crippen LogP) is -1.34. The highest BCUT2D eigenvalue weighted by Crippen LogP contribution is 1.85. The molecule has 1 atom stereocenters. The molecular weight excluding hydrogens is 130 g/mol. The summed E-state index contributed by atoms with van der Waals surface area (Å²) in [5.74, 6) is 0.204. The van der Waals surface area contributed by atoms with Crippen LogP contribution in [0.15, 0.2) is 0 Å². The lowest BCUT2D eigenvalue weighted by atomic mass is 10.2. The first-order valence-corrected chi connectivity index (χ1v) is 3.37. The van der Waals surface area contributed by atoms with Crippen molar-refractivity contribution < 1.29 is 4.79 Å². The van der Waals surface area contributed by atoms with Crippen LogP contribution in [0.2, 0.25) is 0 Å². The third-order valence-electron chi connectivity index (χ3n) is 1.24. The molecule has 60 valence electrons. The molecule has 0 aliphatic carbocycles. The highest BCUT2D eigenvalue weighted by molar-refractivity contribution is 5.77. The zero-order chi connectivity index (χ0) is 7.98. The van der Waals surface area contributed by atoms with E-state index >= 15 is 0 Å². The third kappa shape index (κ3) is 4.29. The molecule has 0 rings (SSSR count). The highest BCUT2D eigenvalue weighted by Gasteiger charge is 2.00. The van der Waals surface area contributed by atoms with E-state index in [1.54, 1.807) is 0 Å². The van der Waals surface area contributed by atoms with Crippen LogP contribution in [0, 0.1) is 5.92 Å². The number of hydrogen-bond donors (Lipinski definition) is 3. The zero-order valence-electron chi connectivity index (χ0n) is 6.26. The van der Waals surface area contributed by atoms with Crippen LogP contribution in [-0.2, 0) is 4.79 Å². The minimum atomic E-state index is -0.125. The molecule has 0 aliphatic heterocycles. The van der Waals surface area contributed by atoms with E-state index in [0.717, 1.165) is 0 Å². The molecule has 0 saturated carbocycles. The molecule has 0 aliphatic rings. The topological polar surface area (TPSA) is 81.1 Å². The molecular formula is C6H15N3O. The predicted molar refractivity (Wildman–Crippen MR) is 40.3 cm³/mol. The van der Waals surface area contributed by atoms with Gasteiger partial charge in [-0.3, -0.25) is 4.79 Å². The van der Waals surface area contributed by atoms with Gasteiger partial charge in [-0.05, 0) is 12.5 Å². The standard InChI is InChI=1S/C6H15N3O/c1-5(2-7)4-9-6(10)3-8/h5H,2-4,7-8H2,1H3,(H,9,10). The summed E-state index contributed by atoms with van der Waals surface area (Å²) < 4.78 is 0. The van der Waals surface area contributed by atoms with Gasteiger partial charge in [0.15, 0.2) is 0 Å². The van der Waals surface area contributed by atoms with E-state index in [1.165, 1.54) is 0 Å². The van der Waals surface area contributed by atoms with Crippen molar-refractivity contribution in [3.05, 3.63) is 0 Å². The first-order valence-electron chi connectivity index (χ1n) is 3.37. The van der Waals surface area contributed by atoms with Crippen molar-refractivity contribution >= 4 is 5.91 Å². The summed E-state index contributed by atoms with van der Waals surface area (Å²) in [6, 6.07) is 0. The normalized spacial score (nSPS) is 12.7. The fraction of sp³-hybridized carbons (Fsp3) is 0.833. The lowest BCUT2D eigenvalue weighted by Crippen LogP contribution is -2.35. The van der Waals surface area contributed by atoms with Gasteiger partial charge in [-0.25, -0.2) is 0 Å². The number of hydrogen-bond acceptors (Lipinski definition) is 3. The van der Waals surface area contributed by atoms with E-state index in [1.807, 2.05) is 6.92 Å². The van der Waals surface area contributed by atoms with Gasteiger partial charge in [0.2, 0.25) is 5.91 Å². The van der Waals surface area contributed by atoms with Crippen LogP contribution in [0.5, 0.6) is 0 Å². The van der Waals surface area contributed by atoms with Gasteiger partial charge in [-0.2, -0.15) is 0 Å². The molecule has 0 radical (unpaired) electrons. The maximum absolute atomic E-state index is 10.6. The summed E-state index contributed by atoms with van der Waals surface area (Å²) in [5.41, 5.74) is 10.4. The van der Waals surface area contributed by atoms with Crippen LogP contribution in [0.3, 0.4) is 0 Å². The van der Waals surface area contributed by atoms with Crippen LogP contribution in [-0.4, -0.2) is 25.5 Å². The summed E-state index contributed by atoms with van der Waals surface area (Å²) in [6.07, 6.45) is 0. The van der Waals surface area contributed by atoms with E-state index in [0.29, 0.717) is 19.0 Å². The monoisotopic (exact) mass is 145 g/mol. The van der Waals surface area contributed by atoms with Gasteiger partial charge in [0.05, 0.1) is 6.54 Å². The first kappa shape index (κ1) is 9.39. The average Bonchev–Trinajstić information content (AvgIpc) is 1.99. The summed E-state index contributed by atoms with van der Waals surface area (Å²) in [6.45, 7) is 3.23. The second-order valence-corrected chi connectivity index (χ2v) is 2.35. The Labute approximate surface area is 61.0 Å². The Morgan fingerprint density at radius 1 is 1.60 bits per heavy atom. The van der Waals surface area contributed by atoms with Gasteiger partial charge in [-0.15, -0.1) is 0 Å². The van der Waals surface area contributed by atoms with Crippen LogP contribution in [0.25, 0.3) is 0 Å². The molecule has 0 aromatic carbocycles. The van der Waals surface area contributed by atoms with E-state index < -0.39 is 0 Å². The molecule has 0 bridgehead atoms. The fourth-order valence-electron chi connectivity index (χ4n) is 0.444. The minimum Gasteiger partial charge on any atom is -0.355 e. The largest absolute Gasteiger partial charge is 0.355 e. The lowest BCUT2D eigenvalue weighted by Gasteiger charge is -2.08. The van der Waals surface area contributed by atoms with Crippen molar-refractivity contribution in [2.75, 3.05) is 19.6 Å². The Morgan fingerprint density at radius 2 is 2.20 bits per heavy atom. The van der Waals surface area contributed by atoms with Crippen LogP contribution in [0.1, 0.15) is 6.92 Å². The van der Waals surface area contributed by atoms with Gasteiger partial charge in [0, 0.05) is 6.54 Å². The molecule has 0 spiro atoms. The zero-order valence-corrected chi connectivity index (χ0v) is 6.26. The number of nitrogens with two attached hydrogens (primary N) is 2. The SMILES string of the molecule is CC(CN)CNC(=O)CN. The number of amides is 1.